The summed E-state index contributed by atoms with van der Waals surface area (Å²) in [6, 6.07) is 0. The van der Waals surface area contributed by atoms with Crippen molar-refractivity contribution >= 4 is 0 Å². The van der Waals surface area contributed by atoms with Crippen LogP contribution in [-0.4, -0.2) is 11.5 Å². The molecule has 6 rings (SSSR count). The summed E-state index contributed by atoms with van der Waals surface area (Å²) < 4.78 is 6.16. The molecule has 102 valence electrons. The third kappa shape index (κ3) is 1.57. The van der Waals surface area contributed by atoms with Gasteiger partial charge in [-0.2, -0.15) is 0 Å². The van der Waals surface area contributed by atoms with Crippen molar-refractivity contribution in [3.63, 3.8) is 0 Å². The van der Waals surface area contributed by atoms with Gasteiger partial charge in [0, 0.05) is 18.9 Å². The van der Waals surface area contributed by atoms with E-state index in [0.29, 0.717) is 5.92 Å². The first kappa shape index (κ1) is 10.9. The molecule has 2 heterocycles. The van der Waals surface area contributed by atoms with Gasteiger partial charge in [0.15, 0.2) is 5.89 Å². The van der Waals surface area contributed by atoms with E-state index >= 15 is 0 Å². The van der Waals surface area contributed by atoms with Gasteiger partial charge in [-0.15, -0.1) is 0 Å². The van der Waals surface area contributed by atoms with Crippen LogP contribution in [0.3, 0.4) is 0 Å². The van der Waals surface area contributed by atoms with E-state index in [0.717, 1.165) is 54.8 Å². The van der Waals surface area contributed by atoms with Gasteiger partial charge in [-0.1, -0.05) is 0 Å². The Morgan fingerprint density at radius 2 is 1.74 bits per heavy atom. The van der Waals surface area contributed by atoms with Crippen LogP contribution < -0.4 is 5.32 Å². The lowest BCUT2D eigenvalue weighted by Gasteiger charge is -2.53. The van der Waals surface area contributed by atoms with E-state index in [1.807, 2.05) is 0 Å². The average Bonchev–Trinajstić information content (AvgIpc) is 2.80. The molecule has 0 atom stereocenters. The minimum Gasteiger partial charge on any atom is -0.444 e. The first-order chi connectivity index (χ1) is 9.37. The van der Waals surface area contributed by atoms with Crippen LogP contribution in [0, 0.1) is 23.7 Å². The van der Waals surface area contributed by atoms with Crippen molar-refractivity contribution in [2.45, 2.75) is 51.0 Å². The normalized spacial score (nSPS) is 43.5. The molecule has 4 saturated carbocycles. The molecule has 0 radical (unpaired) electrons. The number of nitrogens with one attached hydrogen (secondary N) is 1. The number of hydrogen-bond donors (Lipinski definition) is 1. The number of oxazole rings is 1. The van der Waals surface area contributed by atoms with Crippen molar-refractivity contribution in [1.29, 1.82) is 0 Å². The van der Waals surface area contributed by atoms with Crippen LogP contribution in [0.4, 0.5) is 0 Å². The number of rotatable bonds is 1. The predicted octanol–water partition coefficient (Wildman–Crippen LogP) is 2.86. The second-order valence-corrected chi connectivity index (χ2v) is 7.31. The van der Waals surface area contributed by atoms with Gasteiger partial charge in [0.1, 0.15) is 5.76 Å². The summed E-state index contributed by atoms with van der Waals surface area (Å²) in [5, 5.41) is 3.39. The largest absolute Gasteiger partial charge is 0.444 e. The molecule has 0 saturated heterocycles. The molecular formula is C16H22N2O. The molecule has 1 N–H and O–H groups in total. The first-order valence-corrected chi connectivity index (χ1v) is 8.06. The minimum absolute atomic E-state index is 0.651. The molecule has 4 fully saturated rings. The molecule has 5 aliphatic rings. The molecule has 19 heavy (non-hydrogen) atoms. The zero-order valence-electron chi connectivity index (χ0n) is 11.4. The Morgan fingerprint density at radius 3 is 2.42 bits per heavy atom. The van der Waals surface area contributed by atoms with Gasteiger partial charge < -0.3 is 9.73 Å². The first-order valence-electron chi connectivity index (χ1n) is 8.06. The molecule has 0 spiro atoms. The monoisotopic (exact) mass is 258 g/mol. The smallest absolute Gasteiger partial charge is 0.198 e. The fraction of sp³-hybridized carbons (Fsp3) is 0.812. The quantitative estimate of drug-likeness (QED) is 0.841. The van der Waals surface area contributed by atoms with Crippen molar-refractivity contribution in [3.05, 3.63) is 17.3 Å². The molecule has 3 heteroatoms. The van der Waals surface area contributed by atoms with Crippen LogP contribution in [0.2, 0.25) is 0 Å². The van der Waals surface area contributed by atoms with Crippen molar-refractivity contribution < 1.29 is 4.42 Å². The molecule has 4 bridgehead atoms. The van der Waals surface area contributed by atoms with Crippen LogP contribution in [0.1, 0.15) is 55.4 Å². The van der Waals surface area contributed by atoms with Crippen LogP contribution in [0.15, 0.2) is 4.42 Å². The third-order valence-corrected chi connectivity index (χ3v) is 6.13. The summed E-state index contributed by atoms with van der Waals surface area (Å²) in [7, 11) is 0. The zero-order valence-corrected chi connectivity index (χ0v) is 11.4. The van der Waals surface area contributed by atoms with Gasteiger partial charge in [0.2, 0.25) is 0 Å². The topological polar surface area (TPSA) is 38.1 Å². The molecule has 1 aliphatic heterocycles. The van der Waals surface area contributed by atoms with Crippen LogP contribution >= 0.6 is 0 Å². The van der Waals surface area contributed by atoms with Gasteiger partial charge in [0.05, 0.1) is 12.2 Å². The van der Waals surface area contributed by atoms with E-state index in [-0.39, 0.29) is 0 Å². The van der Waals surface area contributed by atoms with Crippen molar-refractivity contribution in [2.24, 2.45) is 23.7 Å². The summed E-state index contributed by atoms with van der Waals surface area (Å²) >= 11 is 0. The van der Waals surface area contributed by atoms with Crippen molar-refractivity contribution in [3.8, 4) is 0 Å². The van der Waals surface area contributed by atoms with E-state index in [1.54, 1.807) is 0 Å². The van der Waals surface area contributed by atoms with E-state index in [2.05, 4.69) is 5.32 Å². The Balaban J connectivity index is 1.50. The predicted molar refractivity (Wildman–Crippen MR) is 71.7 cm³/mol. The average molecular weight is 258 g/mol. The Hall–Kier alpha value is -0.830. The molecular weight excluding hydrogens is 236 g/mol. The third-order valence-electron chi connectivity index (χ3n) is 6.13. The fourth-order valence-corrected chi connectivity index (χ4v) is 5.62. The van der Waals surface area contributed by atoms with Gasteiger partial charge in [0.25, 0.3) is 0 Å². The van der Waals surface area contributed by atoms with Crippen molar-refractivity contribution in [2.75, 3.05) is 6.54 Å². The van der Waals surface area contributed by atoms with Gasteiger partial charge in [-0.25, -0.2) is 4.98 Å². The molecule has 0 amide bonds. The summed E-state index contributed by atoms with van der Waals surface area (Å²) in [6.45, 7) is 1.94. The van der Waals surface area contributed by atoms with Crippen molar-refractivity contribution in [1.82, 2.24) is 10.3 Å². The highest BCUT2D eigenvalue weighted by Gasteiger charge is 2.50. The Bertz CT molecular complexity index is 455. The Morgan fingerprint density at radius 1 is 1.00 bits per heavy atom. The minimum atomic E-state index is 0.651. The molecule has 1 aromatic heterocycles. The van der Waals surface area contributed by atoms with Gasteiger partial charge >= 0.3 is 0 Å². The van der Waals surface area contributed by atoms with E-state index in [4.69, 9.17) is 9.40 Å². The van der Waals surface area contributed by atoms with Crippen LogP contribution in [0.25, 0.3) is 0 Å². The summed E-state index contributed by atoms with van der Waals surface area (Å²) in [5.41, 5.74) is 1.24. The standard InChI is InChI=1S/C16H22N2O/c1-2-17-8-14-13(1)18-16(19-14)15-11-4-9-3-10(6-11)7-12(15)5-9/h9-12,15,17H,1-8H2. The summed E-state index contributed by atoms with van der Waals surface area (Å²) in [6.07, 6.45) is 8.36. The van der Waals surface area contributed by atoms with Gasteiger partial charge in [-0.3, -0.25) is 0 Å². The van der Waals surface area contributed by atoms with E-state index in [9.17, 15) is 0 Å². The zero-order chi connectivity index (χ0) is 12.4. The molecule has 3 nitrogen and oxygen atoms in total. The highest BCUT2D eigenvalue weighted by molar-refractivity contribution is 5.17. The van der Waals surface area contributed by atoms with Gasteiger partial charge in [-0.05, 0) is 55.8 Å². The van der Waals surface area contributed by atoms with Crippen LogP contribution in [-0.2, 0) is 13.0 Å². The number of aromatic nitrogens is 1. The maximum atomic E-state index is 6.16. The number of hydrogen-bond acceptors (Lipinski definition) is 3. The lowest BCUT2D eigenvalue weighted by atomic mass is 9.52. The maximum Gasteiger partial charge on any atom is 0.198 e. The Labute approximate surface area is 114 Å². The van der Waals surface area contributed by atoms with Crippen LogP contribution in [0.5, 0.6) is 0 Å². The fourth-order valence-electron chi connectivity index (χ4n) is 5.62. The SMILES string of the molecule is C1Cc2nc(C3C4CC5CC(C4)CC3C5)oc2CN1. The summed E-state index contributed by atoms with van der Waals surface area (Å²) in [4.78, 5) is 4.89. The second kappa shape index (κ2) is 3.85. The Kier molecular flexibility index (Phi) is 2.21. The molecule has 4 aliphatic carbocycles. The second-order valence-electron chi connectivity index (χ2n) is 7.31. The summed E-state index contributed by atoms with van der Waals surface area (Å²) in [5.74, 6) is 6.69. The number of fused-ring (bicyclic) bond motifs is 1. The lowest BCUT2D eigenvalue weighted by Crippen LogP contribution is -2.43. The van der Waals surface area contributed by atoms with E-state index in [1.165, 1.54) is 37.8 Å². The molecule has 1 aromatic rings. The molecule has 0 unspecified atom stereocenters. The molecule has 0 aromatic carbocycles. The highest BCUT2D eigenvalue weighted by Crippen LogP contribution is 2.59. The highest BCUT2D eigenvalue weighted by atomic mass is 16.4. The maximum absolute atomic E-state index is 6.16. The van der Waals surface area contributed by atoms with E-state index < -0.39 is 0 Å². The number of nitrogens with zero attached hydrogens (tertiary/aromatic N) is 1. The lowest BCUT2D eigenvalue weighted by molar-refractivity contribution is -0.0117.